The maximum Gasteiger partial charge on any atom is 0.178 e. The lowest BCUT2D eigenvalue weighted by atomic mass is 10.4. The van der Waals surface area contributed by atoms with Crippen molar-refractivity contribution in [3.8, 4) is 0 Å². The summed E-state index contributed by atoms with van der Waals surface area (Å²) in [5, 5.41) is 7.86. The minimum Gasteiger partial charge on any atom is -0.235 e. The summed E-state index contributed by atoms with van der Waals surface area (Å²) in [6.07, 6.45) is 1.75. The van der Waals surface area contributed by atoms with Crippen LogP contribution in [0.4, 0.5) is 0 Å². The van der Waals surface area contributed by atoms with Crippen LogP contribution < -0.4 is 0 Å². The number of pyridine rings is 1. The summed E-state index contributed by atoms with van der Waals surface area (Å²) in [6, 6.07) is 3.76. The van der Waals surface area contributed by atoms with Gasteiger partial charge in [-0.1, -0.05) is 19.1 Å². The fourth-order valence-corrected chi connectivity index (χ4v) is 1.02. The van der Waals surface area contributed by atoms with Crippen LogP contribution in [-0.2, 0) is 6.54 Å². The highest BCUT2D eigenvalue weighted by atomic mass is 15.4. The lowest BCUT2D eigenvalue weighted by molar-refractivity contribution is 0.641. The maximum absolute atomic E-state index is 4.15. The predicted molar refractivity (Wildman–Crippen MR) is 52.3 cm³/mol. The Morgan fingerprint density at radius 1 is 1.38 bits per heavy atom. The molecule has 0 aliphatic rings. The Labute approximate surface area is 77.6 Å². The number of hydrogen-bond donors (Lipinski definition) is 0. The first-order chi connectivity index (χ1) is 6.42. The van der Waals surface area contributed by atoms with Gasteiger partial charge in [-0.05, 0) is 19.1 Å². The highest BCUT2D eigenvalue weighted by Crippen LogP contribution is 2.04. The van der Waals surface area contributed by atoms with E-state index in [1.807, 2.05) is 32.9 Å². The summed E-state index contributed by atoms with van der Waals surface area (Å²) in [5.74, 6) is 0. The van der Waals surface area contributed by atoms with Gasteiger partial charge in [-0.15, -0.1) is 5.10 Å². The molecule has 2 rings (SSSR count). The highest BCUT2D eigenvalue weighted by Gasteiger charge is 2.00. The van der Waals surface area contributed by atoms with Crippen LogP contribution in [0.5, 0.6) is 0 Å². The van der Waals surface area contributed by atoms with E-state index in [0.717, 1.165) is 17.7 Å². The van der Waals surface area contributed by atoms with Crippen molar-refractivity contribution in [1.82, 2.24) is 20.0 Å². The van der Waals surface area contributed by atoms with Crippen molar-refractivity contribution < 1.29 is 0 Å². The Hall–Kier alpha value is -1.45. The molecular weight excluding hydrogens is 164 g/mol. The molecular formula is C9H14N4. The van der Waals surface area contributed by atoms with Crippen molar-refractivity contribution in [2.45, 2.75) is 27.3 Å². The van der Waals surface area contributed by atoms with E-state index in [0.29, 0.717) is 0 Å². The van der Waals surface area contributed by atoms with Crippen LogP contribution in [0, 0.1) is 0 Å². The van der Waals surface area contributed by atoms with E-state index in [1.54, 1.807) is 10.9 Å². The first-order valence-corrected chi connectivity index (χ1v) is 4.56. The van der Waals surface area contributed by atoms with Crippen LogP contribution in [0.15, 0.2) is 18.3 Å². The van der Waals surface area contributed by atoms with Crippen LogP contribution in [0.25, 0.3) is 11.2 Å². The summed E-state index contributed by atoms with van der Waals surface area (Å²) < 4.78 is 1.77. The third-order valence-corrected chi connectivity index (χ3v) is 1.57. The fourth-order valence-electron chi connectivity index (χ4n) is 1.02. The van der Waals surface area contributed by atoms with Crippen LogP contribution >= 0.6 is 0 Å². The second-order valence-electron chi connectivity index (χ2n) is 2.25. The van der Waals surface area contributed by atoms with Gasteiger partial charge in [0.15, 0.2) is 5.65 Å². The molecule has 0 N–H and O–H groups in total. The summed E-state index contributed by atoms with van der Waals surface area (Å²) >= 11 is 0. The zero-order valence-electron chi connectivity index (χ0n) is 8.23. The molecule has 70 valence electrons. The van der Waals surface area contributed by atoms with Crippen LogP contribution in [-0.4, -0.2) is 20.0 Å². The first-order valence-electron chi connectivity index (χ1n) is 4.56. The van der Waals surface area contributed by atoms with Gasteiger partial charge in [0.1, 0.15) is 5.52 Å². The van der Waals surface area contributed by atoms with Crippen molar-refractivity contribution in [2.75, 3.05) is 0 Å². The number of nitrogens with zero attached hydrogens (tertiary/aromatic N) is 4. The highest BCUT2D eigenvalue weighted by molar-refractivity contribution is 5.68. The Kier molecular flexibility index (Phi) is 3.37. The quantitative estimate of drug-likeness (QED) is 0.669. The Morgan fingerprint density at radius 3 is 2.85 bits per heavy atom. The van der Waals surface area contributed by atoms with E-state index >= 15 is 0 Å². The molecule has 13 heavy (non-hydrogen) atoms. The van der Waals surface area contributed by atoms with E-state index in [4.69, 9.17) is 0 Å². The van der Waals surface area contributed by atoms with Crippen LogP contribution in [0.2, 0.25) is 0 Å². The van der Waals surface area contributed by atoms with Gasteiger partial charge in [-0.2, -0.15) is 0 Å². The number of aromatic nitrogens is 4. The van der Waals surface area contributed by atoms with Crippen molar-refractivity contribution in [1.29, 1.82) is 0 Å². The maximum atomic E-state index is 4.15. The number of fused-ring (bicyclic) bond motifs is 1. The van der Waals surface area contributed by atoms with Crippen LogP contribution in [0.3, 0.4) is 0 Å². The van der Waals surface area contributed by atoms with E-state index < -0.39 is 0 Å². The molecule has 0 aromatic carbocycles. The molecule has 4 heteroatoms. The largest absolute Gasteiger partial charge is 0.235 e. The zero-order chi connectivity index (χ0) is 9.68. The monoisotopic (exact) mass is 178 g/mol. The Morgan fingerprint density at radius 2 is 2.15 bits per heavy atom. The first kappa shape index (κ1) is 9.64. The molecule has 0 radical (unpaired) electrons. The van der Waals surface area contributed by atoms with Gasteiger partial charge in [0.2, 0.25) is 0 Å². The minimum atomic E-state index is 0.813. The zero-order valence-corrected chi connectivity index (χ0v) is 8.23. The molecule has 0 bridgehead atoms. The average molecular weight is 178 g/mol. The predicted octanol–water partition coefficient (Wildman–Crippen LogP) is 1.87. The van der Waals surface area contributed by atoms with Gasteiger partial charge in [0, 0.05) is 12.7 Å². The SMILES string of the molecule is CC.CCn1nnc2cccnc21. The molecule has 0 fully saturated rings. The minimum absolute atomic E-state index is 0.813. The molecule has 2 aromatic heterocycles. The van der Waals surface area contributed by atoms with Crippen molar-refractivity contribution in [3.05, 3.63) is 18.3 Å². The van der Waals surface area contributed by atoms with E-state index in [2.05, 4.69) is 15.3 Å². The summed E-state index contributed by atoms with van der Waals surface area (Å²) in [4.78, 5) is 4.15. The number of rotatable bonds is 1. The van der Waals surface area contributed by atoms with Gasteiger partial charge in [-0.3, -0.25) is 0 Å². The molecule has 0 saturated carbocycles. The van der Waals surface area contributed by atoms with Crippen molar-refractivity contribution >= 4 is 11.2 Å². The molecule has 0 spiro atoms. The molecule has 0 aliphatic heterocycles. The standard InChI is InChI=1S/C7H8N4.C2H6/c1-2-11-7-6(9-10-11)4-3-5-8-7;1-2/h3-5H,2H2,1H3;1-2H3. The van der Waals surface area contributed by atoms with Gasteiger partial charge in [0.05, 0.1) is 0 Å². The Balaban J connectivity index is 0.000000396. The molecule has 0 aliphatic carbocycles. The number of hydrogen-bond acceptors (Lipinski definition) is 3. The molecule has 0 amide bonds. The second kappa shape index (κ2) is 4.54. The second-order valence-corrected chi connectivity index (χ2v) is 2.25. The van der Waals surface area contributed by atoms with Crippen molar-refractivity contribution in [3.63, 3.8) is 0 Å². The fraction of sp³-hybridized carbons (Fsp3) is 0.444. The molecule has 0 saturated heterocycles. The molecule has 0 unspecified atom stereocenters. The van der Waals surface area contributed by atoms with Crippen LogP contribution in [0.1, 0.15) is 20.8 Å². The summed E-state index contributed by atoms with van der Waals surface area (Å²) in [6.45, 7) is 6.83. The topological polar surface area (TPSA) is 43.6 Å². The smallest absolute Gasteiger partial charge is 0.178 e. The lowest BCUT2D eigenvalue weighted by Crippen LogP contribution is -1.96. The summed E-state index contributed by atoms with van der Waals surface area (Å²) in [5.41, 5.74) is 1.71. The molecule has 0 atom stereocenters. The molecule has 4 nitrogen and oxygen atoms in total. The molecule has 2 aromatic rings. The third kappa shape index (κ3) is 1.83. The van der Waals surface area contributed by atoms with Gasteiger partial charge in [0.25, 0.3) is 0 Å². The van der Waals surface area contributed by atoms with Crippen molar-refractivity contribution in [2.24, 2.45) is 0 Å². The number of aryl methyl sites for hydroxylation is 1. The summed E-state index contributed by atoms with van der Waals surface area (Å²) in [7, 11) is 0. The Bertz CT molecular complexity index is 366. The normalized spacial score (nSPS) is 9.46. The average Bonchev–Trinajstić information content (AvgIpc) is 2.64. The van der Waals surface area contributed by atoms with Gasteiger partial charge < -0.3 is 0 Å². The lowest BCUT2D eigenvalue weighted by Gasteiger charge is -1.92. The van der Waals surface area contributed by atoms with E-state index in [1.165, 1.54) is 0 Å². The molecule has 2 heterocycles. The van der Waals surface area contributed by atoms with E-state index in [-0.39, 0.29) is 0 Å². The third-order valence-electron chi connectivity index (χ3n) is 1.57. The van der Waals surface area contributed by atoms with Gasteiger partial charge in [-0.25, -0.2) is 9.67 Å². The van der Waals surface area contributed by atoms with E-state index in [9.17, 15) is 0 Å². The van der Waals surface area contributed by atoms with Gasteiger partial charge >= 0.3 is 0 Å².